The van der Waals surface area contributed by atoms with E-state index in [1.54, 1.807) is 7.05 Å². The molecule has 1 aromatic heterocycles. The minimum Gasteiger partial charge on any atom is -0.384 e. The highest BCUT2D eigenvalue weighted by molar-refractivity contribution is 5.40. The third kappa shape index (κ3) is 3.11. The van der Waals surface area contributed by atoms with E-state index in [-0.39, 0.29) is 6.42 Å². The van der Waals surface area contributed by atoms with Crippen LogP contribution in [0.4, 0.5) is 19.0 Å². The van der Waals surface area contributed by atoms with Crippen molar-refractivity contribution in [3.8, 4) is 0 Å². The second-order valence-electron chi connectivity index (χ2n) is 3.48. The van der Waals surface area contributed by atoms with Gasteiger partial charge in [-0.25, -0.2) is 0 Å². The average molecular weight is 237 g/mol. The molecule has 1 rings (SSSR count). The monoisotopic (exact) mass is 237 g/mol. The summed E-state index contributed by atoms with van der Waals surface area (Å²) in [5, 5.41) is 3.84. The van der Waals surface area contributed by atoms with E-state index in [1.807, 2.05) is 0 Å². The molecular formula is C8H14F3N5. The second kappa shape index (κ2) is 4.71. The summed E-state index contributed by atoms with van der Waals surface area (Å²) in [5.74, 6) is 5.51. The smallest absolute Gasteiger partial charge is 0.384 e. The van der Waals surface area contributed by atoms with E-state index in [4.69, 9.17) is 11.6 Å². The number of hydrogen-bond donors (Lipinski definition) is 3. The maximum absolute atomic E-state index is 12.1. The first-order valence-corrected chi connectivity index (χ1v) is 4.65. The molecule has 0 aliphatic carbocycles. The summed E-state index contributed by atoms with van der Waals surface area (Å²) >= 11 is 0. The van der Waals surface area contributed by atoms with E-state index in [9.17, 15) is 13.2 Å². The lowest BCUT2D eigenvalue weighted by atomic mass is 10.1. The zero-order chi connectivity index (χ0) is 12.3. The van der Waals surface area contributed by atoms with Gasteiger partial charge in [0.05, 0.1) is 12.2 Å². The largest absolute Gasteiger partial charge is 0.389 e. The Kier molecular flexibility index (Phi) is 3.76. The van der Waals surface area contributed by atoms with Crippen LogP contribution in [0.3, 0.4) is 0 Å². The Hall–Kier alpha value is -1.28. The number of anilines is 1. The highest BCUT2D eigenvalue weighted by Gasteiger charge is 2.29. The highest BCUT2D eigenvalue weighted by Crippen LogP contribution is 2.29. The van der Waals surface area contributed by atoms with E-state index < -0.39 is 18.6 Å². The number of nitrogens with two attached hydrogens (primary N) is 2. The van der Waals surface area contributed by atoms with Crippen LogP contribution >= 0.6 is 0 Å². The zero-order valence-corrected chi connectivity index (χ0v) is 8.75. The summed E-state index contributed by atoms with van der Waals surface area (Å²) in [5.41, 5.74) is 8.43. The summed E-state index contributed by atoms with van der Waals surface area (Å²) in [6.45, 7) is 0. The molecule has 0 aromatic carbocycles. The van der Waals surface area contributed by atoms with Gasteiger partial charge in [-0.1, -0.05) is 0 Å². The third-order valence-electron chi connectivity index (χ3n) is 2.31. The van der Waals surface area contributed by atoms with Crippen molar-refractivity contribution in [3.63, 3.8) is 0 Å². The predicted octanol–water partition coefficient (Wildman–Crippen LogP) is 0.849. The highest BCUT2D eigenvalue weighted by atomic mass is 19.4. The molecule has 1 atom stereocenters. The normalized spacial score (nSPS) is 14.1. The van der Waals surface area contributed by atoms with Crippen LogP contribution in [0.2, 0.25) is 0 Å². The molecule has 1 heterocycles. The van der Waals surface area contributed by atoms with Crippen molar-refractivity contribution in [2.75, 3.05) is 5.73 Å². The van der Waals surface area contributed by atoms with E-state index in [0.29, 0.717) is 11.4 Å². The molecule has 16 heavy (non-hydrogen) atoms. The van der Waals surface area contributed by atoms with Crippen LogP contribution in [0.25, 0.3) is 0 Å². The Bertz CT molecular complexity index is 346. The molecule has 0 spiro atoms. The van der Waals surface area contributed by atoms with Gasteiger partial charge in [-0.05, 0) is 6.42 Å². The van der Waals surface area contributed by atoms with E-state index in [1.165, 1.54) is 10.9 Å². The number of alkyl halides is 3. The molecule has 1 unspecified atom stereocenters. The molecule has 0 amide bonds. The quantitative estimate of drug-likeness (QED) is 0.535. The number of hydrogen-bond acceptors (Lipinski definition) is 4. The van der Waals surface area contributed by atoms with Crippen LogP contribution in [-0.4, -0.2) is 16.0 Å². The summed E-state index contributed by atoms with van der Waals surface area (Å²) in [6, 6.07) is -0.643. The van der Waals surface area contributed by atoms with Gasteiger partial charge in [0.1, 0.15) is 5.82 Å². The van der Waals surface area contributed by atoms with Gasteiger partial charge in [0.15, 0.2) is 0 Å². The molecule has 8 heteroatoms. The predicted molar refractivity (Wildman–Crippen MR) is 53.0 cm³/mol. The Morgan fingerprint density at radius 1 is 1.56 bits per heavy atom. The first kappa shape index (κ1) is 12.8. The maximum Gasteiger partial charge on any atom is 0.389 e. The number of halogens is 3. The van der Waals surface area contributed by atoms with Gasteiger partial charge in [0.2, 0.25) is 0 Å². The van der Waals surface area contributed by atoms with Crippen LogP contribution in [0.5, 0.6) is 0 Å². The SMILES string of the molecule is Cn1ncc(C(CCC(F)(F)F)NN)c1N. The Labute approximate surface area is 90.6 Å². The fraction of sp³-hybridized carbons (Fsp3) is 0.625. The second-order valence-corrected chi connectivity index (χ2v) is 3.48. The molecule has 5 N–H and O–H groups in total. The standard InChI is InChI=1S/C8H14F3N5/c1-16-7(12)5(4-14-16)6(15-13)2-3-8(9,10)11/h4,6,15H,2-3,12-13H2,1H3. The topological polar surface area (TPSA) is 81.9 Å². The fourth-order valence-electron chi connectivity index (χ4n) is 1.37. The van der Waals surface area contributed by atoms with Crippen molar-refractivity contribution < 1.29 is 13.2 Å². The van der Waals surface area contributed by atoms with E-state index in [2.05, 4.69) is 10.5 Å². The zero-order valence-electron chi connectivity index (χ0n) is 8.75. The van der Waals surface area contributed by atoms with Gasteiger partial charge < -0.3 is 5.73 Å². The molecular weight excluding hydrogens is 223 g/mol. The lowest BCUT2D eigenvalue weighted by Crippen LogP contribution is -2.29. The minimum atomic E-state index is -4.20. The first-order chi connectivity index (χ1) is 7.35. The van der Waals surface area contributed by atoms with Crippen molar-refractivity contribution in [2.24, 2.45) is 12.9 Å². The molecule has 0 saturated carbocycles. The van der Waals surface area contributed by atoms with Gasteiger partial charge in [-0.3, -0.25) is 16.0 Å². The number of nitrogen functional groups attached to an aromatic ring is 1. The van der Waals surface area contributed by atoms with Gasteiger partial charge in [-0.15, -0.1) is 0 Å². The first-order valence-electron chi connectivity index (χ1n) is 4.65. The van der Waals surface area contributed by atoms with Crippen LogP contribution in [0, 0.1) is 0 Å². The van der Waals surface area contributed by atoms with Crippen LogP contribution in [0.15, 0.2) is 6.20 Å². The molecule has 5 nitrogen and oxygen atoms in total. The Morgan fingerprint density at radius 2 is 2.19 bits per heavy atom. The molecule has 0 aliphatic heterocycles. The minimum absolute atomic E-state index is 0.171. The Balaban J connectivity index is 2.72. The number of aromatic nitrogens is 2. The molecule has 0 radical (unpaired) electrons. The molecule has 0 fully saturated rings. The van der Waals surface area contributed by atoms with E-state index >= 15 is 0 Å². The van der Waals surface area contributed by atoms with Crippen molar-refractivity contribution in [2.45, 2.75) is 25.1 Å². The van der Waals surface area contributed by atoms with Crippen LogP contribution < -0.4 is 17.0 Å². The van der Waals surface area contributed by atoms with E-state index in [0.717, 1.165) is 0 Å². The van der Waals surface area contributed by atoms with Gasteiger partial charge in [0.25, 0.3) is 0 Å². The lowest BCUT2D eigenvalue weighted by Gasteiger charge is -2.16. The number of hydrazine groups is 1. The van der Waals surface area contributed by atoms with Crippen molar-refractivity contribution >= 4 is 5.82 Å². The molecule has 0 aliphatic rings. The molecule has 0 saturated heterocycles. The molecule has 92 valence electrons. The maximum atomic E-state index is 12.1. The number of nitrogens with one attached hydrogen (secondary N) is 1. The molecule has 0 bridgehead atoms. The van der Waals surface area contributed by atoms with Crippen LogP contribution in [0.1, 0.15) is 24.4 Å². The lowest BCUT2D eigenvalue weighted by molar-refractivity contribution is -0.136. The average Bonchev–Trinajstić information content (AvgIpc) is 2.49. The number of nitrogens with zero attached hydrogens (tertiary/aromatic N) is 2. The summed E-state index contributed by atoms with van der Waals surface area (Å²) < 4.78 is 37.5. The van der Waals surface area contributed by atoms with Crippen molar-refractivity contribution in [1.29, 1.82) is 0 Å². The summed E-state index contributed by atoms with van der Waals surface area (Å²) in [7, 11) is 1.61. The van der Waals surface area contributed by atoms with Gasteiger partial charge in [-0.2, -0.15) is 18.3 Å². The third-order valence-corrected chi connectivity index (χ3v) is 2.31. The van der Waals surface area contributed by atoms with Crippen molar-refractivity contribution in [3.05, 3.63) is 11.8 Å². The fourth-order valence-corrected chi connectivity index (χ4v) is 1.37. The van der Waals surface area contributed by atoms with Crippen LogP contribution in [-0.2, 0) is 7.05 Å². The number of aryl methyl sites for hydroxylation is 1. The molecule has 1 aromatic rings. The van der Waals surface area contributed by atoms with Gasteiger partial charge >= 0.3 is 6.18 Å². The van der Waals surface area contributed by atoms with Crippen molar-refractivity contribution in [1.82, 2.24) is 15.2 Å². The Morgan fingerprint density at radius 3 is 2.56 bits per heavy atom. The summed E-state index contributed by atoms with van der Waals surface area (Å²) in [4.78, 5) is 0. The number of rotatable bonds is 4. The summed E-state index contributed by atoms with van der Waals surface area (Å²) in [6.07, 6.45) is -3.88. The van der Waals surface area contributed by atoms with Gasteiger partial charge in [0, 0.05) is 19.0 Å².